The van der Waals surface area contributed by atoms with Crippen molar-refractivity contribution in [2.45, 2.75) is 44.9 Å². The fraction of sp³-hybridized carbons (Fsp3) is 0.722. The van der Waals surface area contributed by atoms with Crippen LogP contribution in [-0.4, -0.2) is 74.5 Å². The third-order valence-corrected chi connectivity index (χ3v) is 6.77. The Morgan fingerprint density at radius 1 is 1.31 bits per heavy atom. The molecule has 2 fully saturated rings. The number of furan rings is 1. The highest BCUT2D eigenvalue weighted by molar-refractivity contribution is 7.91. The smallest absolute Gasteiger partial charge is 0.237 e. The molecule has 2 saturated heterocycles. The van der Waals surface area contributed by atoms with Crippen LogP contribution in [0.4, 0.5) is 0 Å². The minimum Gasteiger partial charge on any atom is -0.465 e. The van der Waals surface area contributed by atoms with Crippen LogP contribution in [0, 0.1) is 6.92 Å². The van der Waals surface area contributed by atoms with Crippen LogP contribution in [0.3, 0.4) is 0 Å². The van der Waals surface area contributed by atoms with Crippen molar-refractivity contribution >= 4 is 15.7 Å². The molecule has 1 amide bonds. The fourth-order valence-electron chi connectivity index (χ4n) is 3.70. The van der Waals surface area contributed by atoms with E-state index in [2.05, 4.69) is 0 Å². The highest BCUT2D eigenvalue weighted by atomic mass is 32.2. The average Bonchev–Trinajstić information content (AvgIpc) is 3.27. The molecular weight excluding hydrogens is 356 g/mol. The second-order valence-corrected chi connectivity index (χ2v) is 9.65. The predicted molar refractivity (Wildman–Crippen MR) is 97.5 cm³/mol. The third-order valence-electron chi connectivity index (χ3n) is 5.02. The highest BCUT2D eigenvalue weighted by Crippen LogP contribution is 2.22. The summed E-state index contributed by atoms with van der Waals surface area (Å²) in [5, 5.41) is 0. The molecule has 0 saturated carbocycles. The van der Waals surface area contributed by atoms with E-state index in [1.807, 2.05) is 31.0 Å². The van der Waals surface area contributed by atoms with Gasteiger partial charge in [-0.2, -0.15) is 0 Å². The van der Waals surface area contributed by atoms with Gasteiger partial charge in [-0.25, -0.2) is 8.42 Å². The lowest BCUT2D eigenvalue weighted by molar-refractivity contribution is -0.135. The number of amides is 1. The molecule has 3 rings (SSSR count). The Labute approximate surface area is 155 Å². The number of carbonyl (C=O) groups is 1. The van der Waals surface area contributed by atoms with Gasteiger partial charge in [-0.15, -0.1) is 0 Å². The zero-order valence-electron chi connectivity index (χ0n) is 15.5. The maximum Gasteiger partial charge on any atom is 0.237 e. The van der Waals surface area contributed by atoms with Crippen LogP contribution in [0.5, 0.6) is 0 Å². The van der Waals surface area contributed by atoms with Gasteiger partial charge >= 0.3 is 0 Å². The molecule has 0 aromatic carbocycles. The van der Waals surface area contributed by atoms with Crippen molar-refractivity contribution in [3.8, 4) is 0 Å². The largest absolute Gasteiger partial charge is 0.465 e. The first-order valence-corrected chi connectivity index (χ1v) is 11.0. The van der Waals surface area contributed by atoms with Crippen molar-refractivity contribution in [3.05, 3.63) is 23.7 Å². The van der Waals surface area contributed by atoms with Gasteiger partial charge in [0, 0.05) is 19.2 Å². The van der Waals surface area contributed by atoms with Gasteiger partial charge in [0.15, 0.2) is 9.84 Å². The van der Waals surface area contributed by atoms with Crippen LogP contribution < -0.4 is 0 Å². The van der Waals surface area contributed by atoms with E-state index >= 15 is 0 Å². The number of sulfone groups is 1. The van der Waals surface area contributed by atoms with Gasteiger partial charge in [0.05, 0.1) is 30.7 Å². The van der Waals surface area contributed by atoms with E-state index in [9.17, 15) is 13.2 Å². The Balaban J connectivity index is 1.63. The van der Waals surface area contributed by atoms with E-state index < -0.39 is 9.84 Å². The van der Waals surface area contributed by atoms with Crippen molar-refractivity contribution in [3.63, 3.8) is 0 Å². The van der Waals surface area contributed by atoms with Crippen LogP contribution in [-0.2, 0) is 25.9 Å². The van der Waals surface area contributed by atoms with Crippen molar-refractivity contribution in [2.75, 3.05) is 38.2 Å². The Kier molecular flexibility index (Phi) is 6.04. The van der Waals surface area contributed by atoms with Crippen LogP contribution in [0.25, 0.3) is 0 Å². The van der Waals surface area contributed by atoms with Crippen molar-refractivity contribution in [1.29, 1.82) is 0 Å². The van der Waals surface area contributed by atoms with Gasteiger partial charge in [-0.1, -0.05) is 0 Å². The lowest BCUT2D eigenvalue weighted by Crippen LogP contribution is -2.48. The standard InChI is InChI=1S/C18H28N2O5S/c1-14-5-6-17(25-14)10-19(2)12-18(21)20(11-16-4-3-8-24-16)15-7-9-26(22,23)13-15/h5-6,15-16H,3-4,7-13H2,1-2H3. The van der Waals surface area contributed by atoms with E-state index in [1.165, 1.54) is 0 Å². The SMILES string of the molecule is Cc1ccc(CN(C)CC(=O)N(CC2CCCO2)C2CCS(=O)(=O)C2)o1. The van der Waals surface area contributed by atoms with Gasteiger partial charge < -0.3 is 14.1 Å². The van der Waals surface area contributed by atoms with E-state index in [1.54, 1.807) is 4.90 Å². The van der Waals surface area contributed by atoms with Crippen molar-refractivity contribution in [1.82, 2.24) is 9.80 Å². The molecule has 3 heterocycles. The summed E-state index contributed by atoms with van der Waals surface area (Å²) in [7, 11) is -1.18. The molecule has 2 atom stereocenters. The second kappa shape index (κ2) is 8.10. The summed E-state index contributed by atoms with van der Waals surface area (Å²) >= 11 is 0. The summed E-state index contributed by atoms with van der Waals surface area (Å²) in [6.07, 6.45) is 2.44. The summed E-state index contributed by atoms with van der Waals surface area (Å²) in [6, 6.07) is 3.57. The molecule has 7 nitrogen and oxygen atoms in total. The van der Waals surface area contributed by atoms with Gasteiger partial charge in [0.2, 0.25) is 5.91 Å². The minimum absolute atomic E-state index is 0.0142. The van der Waals surface area contributed by atoms with Crippen LogP contribution >= 0.6 is 0 Å². The normalized spacial score (nSPS) is 25.0. The number of hydrogen-bond donors (Lipinski definition) is 0. The van der Waals surface area contributed by atoms with Crippen molar-refractivity contribution in [2.24, 2.45) is 0 Å². The Morgan fingerprint density at radius 3 is 2.69 bits per heavy atom. The summed E-state index contributed by atoms with van der Waals surface area (Å²) in [4.78, 5) is 16.6. The molecule has 146 valence electrons. The zero-order chi connectivity index (χ0) is 18.7. The topological polar surface area (TPSA) is 80.1 Å². The molecule has 2 aliphatic rings. The molecule has 1 aromatic rings. The van der Waals surface area contributed by atoms with Gasteiger partial charge in [0.1, 0.15) is 11.5 Å². The molecule has 0 N–H and O–H groups in total. The van der Waals surface area contributed by atoms with E-state index in [-0.39, 0.29) is 36.1 Å². The number of nitrogens with zero attached hydrogens (tertiary/aromatic N) is 2. The van der Waals surface area contributed by atoms with Crippen LogP contribution in [0.2, 0.25) is 0 Å². The number of aryl methyl sites for hydroxylation is 1. The van der Waals surface area contributed by atoms with E-state index in [0.29, 0.717) is 26.1 Å². The first-order valence-electron chi connectivity index (χ1n) is 9.18. The number of hydrogen-bond acceptors (Lipinski definition) is 6. The average molecular weight is 384 g/mol. The van der Waals surface area contributed by atoms with Gasteiger partial charge in [-0.3, -0.25) is 9.69 Å². The fourth-order valence-corrected chi connectivity index (χ4v) is 5.43. The maximum atomic E-state index is 12.9. The zero-order valence-corrected chi connectivity index (χ0v) is 16.3. The maximum absolute atomic E-state index is 12.9. The second-order valence-electron chi connectivity index (χ2n) is 7.42. The summed E-state index contributed by atoms with van der Waals surface area (Å²) in [5.74, 6) is 1.83. The molecular formula is C18H28N2O5S. The van der Waals surface area contributed by atoms with E-state index in [0.717, 1.165) is 24.4 Å². The molecule has 2 unspecified atom stereocenters. The first-order chi connectivity index (χ1) is 12.3. The Hall–Kier alpha value is -1.38. The van der Waals surface area contributed by atoms with Gasteiger partial charge in [-0.05, 0) is 45.4 Å². The monoisotopic (exact) mass is 384 g/mol. The van der Waals surface area contributed by atoms with Crippen LogP contribution in [0.1, 0.15) is 30.8 Å². The molecule has 8 heteroatoms. The minimum atomic E-state index is -3.05. The predicted octanol–water partition coefficient (Wildman–Crippen LogP) is 1.21. The molecule has 0 aliphatic carbocycles. The Morgan fingerprint density at radius 2 is 2.12 bits per heavy atom. The third kappa shape index (κ3) is 5.08. The van der Waals surface area contributed by atoms with Gasteiger partial charge in [0.25, 0.3) is 0 Å². The molecule has 0 bridgehead atoms. The van der Waals surface area contributed by atoms with Crippen molar-refractivity contribution < 1.29 is 22.4 Å². The molecule has 0 radical (unpaired) electrons. The molecule has 26 heavy (non-hydrogen) atoms. The molecule has 0 spiro atoms. The summed E-state index contributed by atoms with van der Waals surface area (Å²) in [5.41, 5.74) is 0. The number of carbonyl (C=O) groups excluding carboxylic acids is 1. The summed E-state index contributed by atoms with van der Waals surface area (Å²) < 4.78 is 35.0. The lowest BCUT2D eigenvalue weighted by Gasteiger charge is -2.32. The Bertz CT molecular complexity index is 724. The highest BCUT2D eigenvalue weighted by Gasteiger charge is 2.36. The summed E-state index contributed by atoms with van der Waals surface area (Å²) in [6.45, 7) is 3.85. The van der Waals surface area contributed by atoms with Crippen LogP contribution in [0.15, 0.2) is 16.5 Å². The number of likely N-dealkylation sites (N-methyl/N-ethyl adjacent to an activating group) is 1. The molecule has 1 aromatic heterocycles. The quantitative estimate of drug-likeness (QED) is 0.703. The number of rotatable bonds is 7. The van der Waals surface area contributed by atoms with E-state index in [4.69, 9.17) is 9.15 Å². The first kappa shape index (κ1) is 19.4. The molecule has 2 aliphatic heterocycles. The lowest BCUT2D eigenvalue weighted by atomic mass is 10.1. The number of ether oxygens (including phenoxy) is 1.